The van der Waals surface area contributed by atoms with Gasteiger partial charge >= 0.3 is 0 Å². The maximum Gasteiger partial charge on any atom is 0.269 e. The van der Waals surface area contributed by atoms with Crippen molar-refractivity contribution in [2.45, 2.75) is 71.5 Å². The Morgan fingerprint density at radius 2 is 1.53 bits per heavy atom. The van der Waals surface area contributed by atoms with Crippen molar-refractivity contribution in [3.8, 4) is 0 Å². The van der Waals surface area contributed by atoms with Crippen molar-refractivity contribution in [2.24, 2.45) is 23.3 Å². The van der Waals surface area contributed by atoms with E-state index in [1.807, 2.05) is 27.7 Å². The average Bonchev–Trinajstić information content (AvgIpc) is 2.77. The summed E-state index contributed by atoms with van der Waals surface area (Å²) in [5.74, 6) is -1.36. The first-order valence-electron chi connectivity index (χ1n) is 11.6. The van der Waals surface area contributed by atoms with Crippen LogP contribution in [0, 0.1) is 22.0 Å². The summed E-state index contributed by atoms with van der Waals surface area (Å²) in [5.41, 5.74) is 11.8. The fourth-order valence-electron chi connectivity index (χ4n) is 3.20. The monoisotopic (exact) mass is 478 g/mol. The van der Waals surface area contributed by atoms with Crippen LogP contribution >= 0.6 is 0 Å². The molecule has 0 heterocycles. The fourth-order valence-corrected chi connectivity index (χ4v) is 3.20. The van der Waals surface area contributed by atoms with E-state index in [1.54, 1.807) is 0 Å². The highest BCUT2D eigenvalue weighted by atomic mass is 16.6. The zero-order chi connectivity index (χ0) is 25.8. The number of carbonyl (C=O) groups is 3. The summed E-state index contributed by atoms with van der Waals surface area (Å²) in [6.45, 7) is 7.93. The number of amides is 3. The van der Waals surface area contributed by atoms with E-state index >= 15 is 0 Å². The molecule has 3 atom stereocenters. The number of nitrogens with zero attached hydrogens (tertiary/aromatic N) is 1. The quantitative estimate of drug-likeness (QED) is 0.153. The SMILES string of the molecule is CC(C)C[C@H](NC(=O)[C@H](N)C(C)C)C(=O)N[C@H](CCCCN)C(=O)Nc1ccc([N+](=O)[O-])cc1. The number of hydrogen-bond acceptors (Lipinski definition) is 7. The van der Waals surface area contributed by atoms with Gasteiger partial charge in [-0.05, 0) is 56.2 Å². The molecule has 3 amide bonds. The van der Waals surface area contributed by atoms with E-state index < -0.39 is 40.8 Å². The first kappa shape index (κ1) is 29.0. The van der Waals surface area contributed by atoms with E-state index in [-0.39, 0.29) is 17.5 Å². The lowest BCUT2D eigenvalue weighted by Gasteiger charge is -2.26. The van der Waals surface area contributed by atoms with Crippen LogP contribution in [0.1, 0.15) is 53.4 Å². The van der Waals surface area contributed by atoms with Crippen LogP contribution in [0.4, 0.5) is 11.4 Å². The number of non-ortho nitro benzene ring substituents is 1. The van der Waals surface area contributed by atoms with Crippen molar-refractivity contribution in [1.82, 2.24) is 10.6 Å². The number of hydrogen-bond donors (Lipinski definition) is 5. The maximum atomic E-state index is 13.1. The lowest BCUT2D eigenvalue weighted by Crippen LogP contribution is -2.56. The predicted molar refractivity (Wildman–Crippen MR) is 131 cm³/mol. The molecular weight excluding hydrogens is 440 g/mol. The minimum atomic E-state index is -0.875. The molecule has 1 rings (SSSR count). The van der Waals surface area contributed by atoms with Crippen molar-refractivity contribution in [1.29, 1.82) is 0 Å². The predicted octanol–water partition coefficient (Wildman–Crippen LogP) is 1.66. The van der Waals surface area contributed by atoms with Crippen LogP contribution in [0.2, 0.25) is 0 Å². The molecule has 34 heavy (non-hydrogen) atoms. The van der Waals surface area contributed by atoms with Crippen molar-refractivity contribution >= 4 is 29.1 Å². The van der Waals surface area contributed by atoms with Gasteiger partial charge in [-0.3, -0.25) is 24.5 Å². The summed E-state index contributed by atoms with van der Waals surface area (Å²) in [7, 11) is 0. The second-order valence-electron chi connectivity index (χ2n) is 9.10. The van der Waals surface area contributed by atoms with Gasteiger partial charge in [0.25, 0.3) is 5.69 Å². The van der Waals surface area contributed by atoms with Crippen molar-refractivity contribution in [2.75, 3.05) is 11.9 Å². The van der Waals surface area contributed by atoms with Crippen LogP contribution in [0.3, 0.4) is 0 Å². The van der Waals surface area contributed by atoms with Gasteiger partial charge in [-0.15, -0.1) is 0 Å². The Morgan fingerprint density at radius 1 is 0.941 bits per heavy atom. The van der Waals surface area contributed by atoms with Crippen molar-refractivity contribution < 1.29 is 19.3 Å². The Kier molecular flexibility index (Phi) is 12.2. The lowest BCUT2D eigenvalue weighted by molar-refractivity contribution is -0.384. The topological polar surface area (TPSA) is 182 Å². The second-order valence-corrected chi connectivity index (χ2v) is 9.10. The molecule has 11 nitrogen and oxygen atoms in total. The van der Waals surface area contributed by atoms with Gasteiger partial charge in [0, 0.05) is 17.8 Å². The number of nitro benzene ring substituents is 1. The molecule has 0 saturated carbocycles. The highest BCUT2D eigenvalue weighted by Gasteiger charge is 2.29. The summed E-state index contributed by atoms with van der Waals surface area (Å²) in [6.07, 6.45) is 2.00. The molecule has 190 valence electrons. The minimum Gasteiger partial charge on any atom is -0.343 e. The minimum absolute atomic E-state index is 0.0979. The molecule has 0 aliphatic rings. The average molecular weight is 479 g/mol. The zero-order valence-electron chi connectivity index (χ0n) is 20.4. The summed E-state index contributed by atoms with van der Waals surface area (Å²) < 4.78 is 0. The number of anilines is 1. The van der Waals surface area contributed by atoms with Gasteiger partial charge < -0.3 is 27.4 Å². The Hall–Kier alpha value is -3.05. The molecular formula is C23H38N6O5. The van der Waals surface area contributed by atoms with Crippen LogP contribution < -0.4 is 27.4 Å². The molecule has 0 radical (unpaired) electrons. The molecule has 0 unspecified atom stereocenters. The number of unbranched alkanes of at least 4 members (excludes halogenated alkanes) is 1. The van der Waals surface area contributed by atoms with Gasteiger partial charge in [0.05, 0.1) is 11.0 Å². The molecule has 1 aromatic carbocycles. The Balaban J connectivity index is 2.97. The molecule has 0 bridgehead atoms. The van der Waals surface area contributed by atoms with Gasteiger partial charge in [0.2, 0.25) is 17.7 Å². The second kappa shape index (κ2) is 14.3. The molecule has 0 aliphatic heterocycles. The summed E-state index contributed by atoms with van der Waals surface area (Å²) >= 11 is 0. The van der Waals surface area contributed by atoms with Gasteiger partial charge in [0.15, 0.2) is 0 Å². The molecule has 0 fully saturated rings. The first-order valence-corrected chi connectivity index (χ1v) is 11.6. The molecule has 0 aliphatic carbocycles. The van der Waals surface area contributed by atoms with E-state index in [0.29, 0.717) is 37.9 Å². The van der Waals surface area contributed by atoms with Crippen molar-refractivity contribution in [3.63, 3.8) is 0 Å². The number of nitro groups is 1. The lowest BCUT2D eigenvalue weighted by atomic mass is 10.00. The maximum absolute atomic E-state index is 13.1. The fraction of sp³-hybridized carbons (Fsp3) is 0.609. The van der Waals surface area contributed by atoms with Gasteiger partial charge in [-0.2, -0.15) is 0 Å². The normalized spacial score (nSPS) is 13.8. The Labute approximate surface area is 200 Å². The van der Waals surface area contributed by atoms with Crippen LogP contribution in [0.25, 0.3) is 0 Å². The molecule has 1 aromatic rings. The molecule has 0 aromatic heterocycles. The van der Waals surface area contributed by atoms with Crippen LogP contribution in [0.15, 0.2) is 24.3 Å². The van der Waals surface area contributed by atoms with Gasteiger partial charge in [0.1, 0.15) is 12.1 Å². The number of carbonyl (C=O) groups excluding carboxylic acids is 3. The molecule has 7 N–H and O–H groups in total. The van der Waals surface area contributed by atoms with Gasteiger partial charge in [-0.25, -0.2) is 0 Å². The van der Waals surface area contributed by atoms with Crippen molar-refractivity contribution in [3.05, 3.63) is 34.4 Å². The van der Waals surface area contributed by atoms with E-state index in [0.717, 1.165) is 0 Å². The number of benzene rings is 1. The van der Waals surface area contributed by atoms with E-state index in [9.17, 15) is 24.5 Å². The number of nitrogens with two attached hydrogens (primary N) is 2. The van der Waals surface area contributed by atoms with E-state index in [2.05, 4.69) is 16.0 Å². The Bertz CT molecular complexity index is 828. The number of nitrogens with one attached hydrogen (secondary N) is 3. The highest BCUT2D eigenvalue weighted by molar-refractivity contribution is 5.98. The zero-order valence-corrected chi connectivity index (χ0v) is 20.4. The van der Waals surface area contributed by atoms with Crippen LogP contribution in [-0.4, -0.2) is 47.3 Å². The third-order valence-corrected chi connectivity index (χ3v) is 5.29. The third kappa shape index (κ3) is 9.84. The summed E-state index contributed by atoms with van der Waals surface area (Å²) in [4.78, 5) is 48.8. The van der Waals surface area contributed by atoms with E-state index in [1.165, 1.54) is 24.3 Å². The third-order valence-electron chi connectivity index (χ3n) is 5.29. The van der Waals surface area contributed by atoms with Crippen LogP contribution in [-0.2, 0) is 14.4 Å². The van der Waals surface area contributed by atoms with Crippen LogP contribution in [0.5, 0.6) is 0 Å². The van der Waals surface area contributed by atoms with E-state index in [4.69, 9.17) is 11.5 Å². The Morgan fingerprint density at radius 3 is 2.03 bits per heavy atom. The first-order chi connectivity index (χ1) is 16.0. The highest BCUT2D eigenvalue weighted by Crippen LogP contribution is 2.16. The molecule has 0 spiro atoms. The smallest absolute Gasteiger partial charge is 0.269 e. The largest absolute Gasteiger partial charge is 0.343 e. The summed E-state index contributed by atoms with van der Waals surface area (Å²) in [6, 6.07) is 2.93. The van der Waals surface area contributed by atoms with Gasteiger partial charge in [-0.1, -0.05) is 27.7 Å². The summed E-state index contributed by atoms with van der Waals surface area (Å²) in [5, 5.41) is 19.0. The number of rotatable bonds is 14. The molecule has 11 heteroatoms. The molecule has 0 saturated heterocycles. The standard InChI is InChI=1S/C23H38N6O5/c1-14(2)13-19(28-23(32)20(25)15(3)4)22(31)27-18(7-5-6-12-24)21(30)26-16-8-10-17(11-9-16)29(33)34/h8-11,14-15,18-20H,5-7,12-13,24-25H2,1-4H3,(H,26,30)(H,27,31)(H,28,32)/t18-,19+,20-/m1/s1.